The van der Waals surface area contributed by atoms with Gasteiger partial charge in [0, 0.05) is 43.9 Å². The van der Waals surface area contributed by atoms with Gasteiger partial charge >= 0.3 is 0 Å². The van der Waals surface area contributed by atoms with Gasteiger partial charge in [0.05, 0.1) is 9.01 Å². The first-order valence-corrected chi connectivity index (χ1v) is 14.9. The minimum Gasteiger partial charge on any atom is -0.311 e. The van der Waals surface area contributed by atoms with E-state index in [1.165, 1.54) is 69.3 Å². The number of hydrogen-bond donors (Lipinski definition) is 0. The Morgan fingerprint density at radius 3 is 1.90 bits per heavy atom. The van der Waals surface area contributed by atoms with E-state index in [-0.39, 0.29) is 6.71 Å². The SMILES string of the molecule is c1ccc(N2c3ccccc3B3c4c2cccc4N(c2ccccc2)c2sc4sc5ccccc5c4c23)cc1. The molecule has 2 aliphatic rings. The third-order valence-corrected chi connectivity index (χ3v) is 10.5. The zero-order chi connectivity index (χ0) is 25.5. The molecule has 0 N–H and O–H groups in total. The van der Waals surface area contributed by atoms with Gasteiger partial charge in [-0.05, 0) is 64.9 Å². The Morgan fingerprint density at radius 1 is 0.487 bits per heavy atom. The summed E-state index contributed by atoms with van der Waals surface area (Å²) in [5, 5.41) is 4.13. The second kappa shape index (κ2) is 8.09. The summed E-state index contributed by atoms with van der Waals surface area (Å²) in [5.41, 5.74) is 10.4. The first-order chi connectivity index (χ1) is 19.4. The number of hydrogen-bond acceptors (Lipinski definition) is 4. The van der Waals surface area contributed by atoms with Gasteiger partial charge in [-0.2, -0.15) is 0 Å². The van der Waals surface area contributed by atoms with Crippen LogP contribution in [0.5, 0.6) is 0 Å². The molecule has 2 aromatic heterocycles. The van der Waals surface area contributed by atoms with Gasteiger partial charge in [-0.25, -0.2) is 0 Å². The van der Waals surface area contributed by atoms with Crippen LogP contribution in [0.25, 0.3) is 19.5 Å². The molecule has 0 atom stereocenters. The van der Waals surface area contributed by atoms with Gasteiger partial charge in [-0.3, -0.25) is 0 Å². The van der Waals surface area contributed by atoms with Crippen LogP contribution in [0.3, 0.4) is 0 Å². The maximum absolute atomic E-state index is 2.51. The number of nitrogens with zero attached hydrogens (tertiary/aromatic N) is 2. The van der Waals surface area contributed by atoms with Gasteiger partial charge in [-0.1, -0.05) is 78.9 Å². The number of anilines is 6. The first kappa shape index (κ1) is 21.6. The molecule has 0 radical (unpaired) electrons. The molecule has 0 amide bonds. The van der Waals surface area contributed by atoms with Crippen molar-refractivity contribution in [3.8, 4) is 0 Å². The van der Waals surface area contributed by atoms with Crippen LogP contribution >= 0.6 is 22.7 Å². The first-order valence-electron chi connectivity index (χ1n) is 13.2. The Kier molecular flexibility index (Phi) is 4.48. The van der Waals surface area contributed by atoms with Crippen LogP contribution in [0.4, 0.5) is 33.4 Å². The van der Waals surface area contributed by atoms with Crippen LogP contribution in [0.15, 0.2) is 127 Å². The van der Waals surface area contributed by atoms with Crippen molar-refractivity contribution in [1.29, 1.82) is 0 Å². The van der Waals surface area contributed by atoms with Crippen molar-refractivity contribution >= 4 is 98.7 Å². The van der Waals surface area contributed by atoms with E-state index in [0.717, 1.165) is 0 Å². The maximum atomic E-state index is 2.51. The fraction of sp³-hybridized carbons (Fsp3) is 0. The van der Waals surface area contributed by atoms with Crippen LogP contribution in [0.1, 0.15) is 0 Å². The molecule has 0 saturated heterocycles. The predicted molar refractivity (Wildman–Crippen MR) is 171 cm³/mol. The summed E-state index contributed by atoms with van der Waals surface area (Å²) < 4.78 is 2.77. The number of fused-ring (bicyclic) bond motifs is 8. The zero-order valence-electron chi connectivity index (χ0n) is 20.9. The smallest absolute Gasteiger partial charge is 0.254 e. The summed E-state index contributed by atoms with van der Waals surface area (Å²) in [6, 6.07) is 46.4. The highest BCUT2D eigenvalue weighted by Gasteiger charge is 2.45. The molecule has 5 heteroatoms. The van der Waals surface area contributed by atoms with Gasteiger partial charge in [0.25, 0.3) is 6.71 Å². The monoisotopic (exact) mass is 532 g/mol. The Labute approximate surface area is 235 Å². The fourth-order valence-electron chi connectivity index (χ4n) is 6.58. The van der Waals surface area contributed by atoms with Crippen molar-refractivity contribution in [2.24, 2.45) is 0 Å². The summed E-state index contributed by atoms with van der Waals surface area (Å²) >= 11 is 3.87. The molecular formula is C34H21BN2S2. The van der Waals surface area contributed by atoms with Crippen molar-refractivity contribution in [3.63, 3.8) is 0 Å². The Balaban J connectivity index is 1.44. The molecule has 39 heavy (non-hydrogen) atoms. The normalized spacial score (nSPS) is 13.5. The van der Waals surface area contributed by atoms with Crippen LogP contribution in [0.2, 0.25) is 0 Å². The lowest BCUT2D eigenvalue weighted by Gasteiger charge is -2.43. The van der Waals surface area contributed by atoms with E-state index in [0.29, 0.717) is 0 Å². The maximum Gasteiger partial charge on any atom is 0.254 e. The largest absolute Gasteiger partial charge is 0.311 e. The quantitative estimate of drug-likeness (QED) is 0.207. The third kappa shape index (κ3) is 2.92. The van der Waals surface area contributed by atoms with Crippen molar-refractivity contribution in [3.05, 3.63) is 127 Å². The predicted octanol–water partition coefficient (Wildman–Crippen LogP) is 8.20. The molecule has 0 aliphatic carbocycles. The van der Waals surface area contributed by atoms with Gasteiger partial charge in [0.1, 0.15) is 0 Å². The summed E-state index contributed by atoms with van der Waals surface area (Å²) in [6.07, 6.45) is 0. The summed E-state index contributed by atoms with van der Waals surface area (Å²) in [4.78, 5) is 4.96. The Bertz CT molecular complexity index is 2030. The molecule has 0 spiro atoms. The number of rotatable bonds is 2. The minimum atomic E-state index is 0.161. The Morgan fingerprint density at radius 2 is 1.10 bits per heavy atom. The molecule has 182 valence electrons. The number of thiophene rings is 2. The van der Waals surface area contributed by atoms with Crippen LogP contribution < -0.4 is 26.2 Å². The van der Waals surface area contributed by atoms with E-state index < -0.39 is 0 Å². The van der Waals surface area contributed by atoms with Gasteiger partial charge < -0.3 is 9.80 Å². The van der Waals surface area contributed by atoms with Gasteiger partial charge in [-0.15, -0.1) is 22.7 Å². The average Bonchev–Trinajstić information content (AvgIpc) is 3.54. The highest BCUT2D eigenvalue weighted by atomic mass is 32.2. The third-order valence-electron chi connectivity index (χ3n) is 8.09. The van der Waals surface area contributed by atoms with E-state index in [9.17, 15) is 0 Å². The highest BCUT2D eigenvalue weighted by molar-refractivity contribution is 7.44. The van der Waals surface area contributed by atoms with E-state index in [1.807, 2.05) is 22.7 Å². The van der Waals surface area contributed by atoms with E-state index in [4.69, 9.17) is 0 Å². The summed E-state index contributed by atoms with van der Waals surface area (Å²) in [5.74, 6) is 0. The molecule has 9 rings (SSSR count). The molecule has 0 fully saturated rings. The molecule has 0 unspecified atom stereocenters. The molecule has 2 nitrogen and oxygen atoms in total. The molecule has 7 aromatic rings. The van der Waals surface area contributed by atoms with E-state index in [2.05, 4.69) is 137 Å². The van der Waals surface area contributed by atoms with E-state index in [1.54, 1.807) is 0 Å². The zero-order valence-corrected chi connectivity index (χ0v) is 22.5. The van der Waals surface area contributed by atoms with Crippen molar-refractivity contribution in [2.45, 2.75) is 0 Å². The Hall–Kier alpha value is -4.32. The molecule has 5 aromatic carbocycles. The fourth-order valence-corrected chi connectivity index (χ4v) is 9.32. The van der Waals surface area contributed by atoms with E-state index >= 15 is 0 Å². The number of benzene rings is 5. The van der Waals surface area contributed by atoms with Crippen molar-refractivity contribution in [1.82, 2.24) is 0 Å². The molecule has 0 bridgehead atoms. The van der Waals surface area contributed by atoms with Crippen LogP contribution in [-0.2, 0) is 0 Å². The standard InChI is InChI=1S/C34H21BN2S2/c1-3-12-22(13-4-1)36-26-18-9-8-17-25(26)35-31-27(36)19-11-20-28(31)37(23-14-5-2-6-15-23)33-32(35)30-24-16-7-10-21-29(24)38-34(30)39-33/h1-21H. The molecule has 2 aliphatic heterocycles. The average molecular weight is 533 g/mol. The summed E-state index contributed by atoms with van der Waals surface area (Å²) in [6.45, 7) is 0.161. The highest BCUT2D eigenvalue weighted by Crippen LogP contribution is 2.50. The lowest BCUT2D eigenvalue weighted by Crippen LogP contribution is -2.61. The minimum absolute atomic E-state index is 0.161. The number of para-hydroxylation sites is 3. The lowest BCUT2D eigenvalue weighted by atomic mass is 9.33. The lowest BCUT2D eigenvalue weighted by molar-refractivity contribution is 1.27. The molecule has 0 saturated carbocycles. The van der Waals surface area contributed by atoms with Crippen LogP contribution in [0, 0.1) is 0 Å². The van der Waals surface area contributed by atoms with Crippen LogP contribution in [-0.4, -0.2) is 6.71 Å². The topological polar surface area (TPSA) is 6.48 Å². The second-order valence-electron chi connectivity index (χ2n) is 10.1. The second-order valence-corrected chi connectivity index (χ2v) is 12.4. The summed E-state index contributed by atoms with van der Waals surface area (Å²) in [7, 11) is 0. The van der Waals surface area contributed by atoms with Gasteiger partial charge in [0.15, 0.2) is 0 Å². The van der Waals surface area contributed by atoms with Crippen molar-refractivity contribution in [2.75, 3.05) is 9.80 Å². The van der Waals surface area contributed by atoms with Gasteiger partial charge in [0.2, 0.25) is 0 Å². The van der Waals surface area contributed by atoms with Crippen molar-refractivity contribution < 1.29 is 0 Å². The molecule has 4 heterocycles. The molecular weight excluding hydrogens is 511 g/mol.